The van der Waals surface area contributed by atoms with Crippen LogP contribution in [0.1, 0.15) is 53.9 Å². The monoisotopic (exact) mass is 442 g/mol. The Kier molecular flexibility index (Phi) is 5.54. The zero-order chi connectivity index (χ0) is 22.2. The van der Waals surface area contributed by atoms with Gasteiger partial charge in [-0.3, -0.25) is 14.3 Å². The molecule has 1 amide bonds. The molecule has 0 atom stereocenters. The Balaban J connectivity index is 1.37. The summed E-state index contributed by atoms with van der Waals surface area (Å²) in [6.07, 6.45) is -2.79. The summed E-state index contributed by atoms with van der Waals surface area (Å²) in [6.45, 7) is 0. The summed E-state index contributed by atoms with van der Waals surface area (Å²) < 4.78 is 66.0. The predicted molar refractivity (Wildman–Crippen MR) is 101 cm³/mol. The lowest BCUT2D eigenvalue weighted by Gasteiger charge is -2.30. The molecule has 166 valence electrons. The SMILES string of the molecule is O=C(N[C@H]1CC[C@@H](Nc2cccc3nc(C(F)(F)F)cn23)CC1)c1c[nH]nc1C(F)F. The van der Waals surface area contributed by atoms with Crippen molar-refractivity contribution in [1.29, 1.82) is 0 Å². The maximum atomic E-state index is 13.0. The first-order valence-electron chi connectivity index (χ1n) is 9.67. The Morgan fingerprint density at radius 3 is 2.55 bits per heavy atom. The summed E-state index contributed by atoms with van der Waals surface area (Å²) in [5, 5.41) is 11.7. The Morgan fingerprint density at radius 2 is 1.87 bits per heavy atom. The lowest BCUT2D eigenvalue weighted by atomic mass is 9.91. The van der Waals surface area contributed by atoms with Crippen molar-refractivity contribution < 1.29 is 26.7 Å². The lowest BCUT2D eigenvalue weighted by molar-refractivity contribution is -0.140. The first kappa shape index (κ1) is 21.1. The van der Waals surface area contributed by atoms with Crippen molar-refractivity contribution in [2.24, 2.45) is 0 Å². The second-order valence-corrected chi connectivity index (χ2v) is 7.41. The summed E-state index contributed by atoms with van der Waals surface area (Å²) >= 11 is 0. The van der Waals surface area contributed by atoms with Gasteiger partial charge in [-0.1, -0.05) is 6.07 Å². The van der Waals surface area contributed by atoms with E-state index in [4.69, 9.17) is 0 Å². The van der Waals surface area contributed by atoms with Gasteiger partial charge in [-0.2, -0.15) is 18.3 Å². The van der Waals surface area contributed by atoms with Crippen LogP contribution in [-0.2, 0) is 6.18 Å². The lowest BCUT2D eigenvalue weighted by Crippen LogP contribution is -2.40. The zero-order valence-electron chi connectivity index (χ0n) is 16.1. The van der Waals surface area contributed by atoms with Crippen LogP contribution >= 0.6 is 0 Å². The fourth-order valence-corrected chi connectivity index (χ4v) is 3.77. The molecule has 0 unspecified atom stereocenters. The molecule has 0 aromatic carbocycles. The highest BCUT2D eigenvalue weighted by Gasteiger charge is 2.34. The number of nitrogens with zero attached hydrogens (tertiary/aromatic N) is 3. The number of rotatable bonds is 5. The number of hydrogen-bond donors (Lipinski definition) is 3. The first-order valence-corrected chi connectivity index (χ1v) is 9.67. The van der Waals surface area contributed by atoms with Gasteiger partial charge in [-0.25, -0.2) is 13.8 Å². The van der Waals surface area contributed by atoms with Crippen molar-refractivity contribution in [3.05, 3.63) is 47.5 Å². The molecule has 1 aliphatic rings. The van der Waals surface area contributed by atoms with Crippen LogP contribution in [-0.4, -0.2) is 37.6 Å². The van der Waals surface area contributed by atoms with Gasteiger partial charge in [0.15, 0.2) is 5.69 Å². The quantitative estimate of drug-likeness (QED) is 0.518. The number of aromatic nitrogens is 4. The summed E-state index contributed by atoms with van der Waals surface area (Å²) in [5.41, 5.74) is -1.54. The molecular formula is C19H19F5N6O. The second kappa shape index (κ2) is 8.16. The average Bonchev–Trinajstić information content (AvgIpc) is 3.37. The minimum Gasteiger partial charge on any atom is -0.368 e. The van der Waals surface area contributed by atoms with Gasteiger partial charge in [-0.15, -0.1) is 0 Å². The van der Waals surface area contributed by atoms with Crippen molar-refractivity contribution in [3.8, 4) is 0 Å². The van der Waals surface area contributed by atoms with Crippen LogP contribution in [0.25, 0.3) is 5.65 Å². The van der Waals surface area contributed by atoms with Gasteiger partial charge in [0.25, 0.3) is 12.3 Å². The van der Waals surface area contributed by atoms with Gasteiger partial charge in [0, 0.05) is 24.5 Å². The average molecular weight is 442 g/mol. The molecule has 1 aliphatic carbocycles. The standard InChI is InChI=1S/C19H19F5N6O/c20-17(21)16-12(8-25-29-16)18(31)27-11-6-4-10(5-7-11)26-14-2-1-3-15-28-13(9-30(14)15)19(22,23)24/h1-3,8-11,17,26H,4-7H2,(H,25,29)(H,27,31)/t10-,11+. The third kappa shape index (κ3) is 4.47. The molecular weight excluding hydrogens is 423 g/mol. The third-order valence-corrected chi connectivity index (χ3v) is 5.32. The Hall–Kier alpha value is -3.18. The normalized spacial score (nSPS) is 19.7. The third-order valence-electron chi connectivity index (χ3n) is 5.32. The number of halogens is 5. The van der Waals surface area contributed by atoms with E-state index in [0.29, 0.717) is 31.5 Å². The maximum absolute atomic E-state index is 13.0. The highest BCUT2D eigenvalue weighted by atomic mass is 19.4. The second-order valence-electron chi connectivity index (χ2n) is 7.41. The van der Waals surface area contributed by atoms with E-state index in [9.17, 15) is 26.7 Å². The molecule has 3 heterocycles. The minimum atomic E-state index is -4.53. The van der Waals surface area contributed by atoms with Crippen molar-refractivity contribution in [1.82, 2.24) is 24.9 Å². The van der Waals surface area contributed by atoms with Crippen LogP contribution in [0, 0.1) is 0 Å². The molecule has 31 heavy (non-hydrogen) atoms. The van der Waals surface area contributed by atoms with Gasteiger partial charge in [0.05, 0.1) is 5.56 Å². The summed E-state index contributed by atoms with van der Waals surface area (Å²) in [5.74, 6) is -0.115. The molecule has 0 saturated heterocycles. The van der Waals surface area contributed by atoms with Crippen molar-refractivity contribution >= 4 is 17.4 Å². The fraction of sp³-hybridized carbons (Fsp3) is 0.421. The van der Waals surface area contributed by atoms with E-state index >= 15 is 0 Å². The van der Waals surface area contributed by atoms with Gasteiger partial charge in [-0.05, 0) is 37.8 Å². The number of imidazole rings is 1. The molecule has 0 radical (unpaired) electrons. The molecule has 7 nitrogen and oxygen atoms in total. The van der Waals surface area contributed by atoms with Crippen molar-refractivity contribution in [2.45, 2.75) is 50.4 Å². The number of nitrogens with one attached hydrogen (secondary N) is 3. The molecule has 3 aromatic heterocycles. The highest BCUT2D eigenvalue weighted by Crippen LogP contribution is 2.30. The van der Waals surface area contributed by atoms with Gasteiger partial charge in [0.1, 0.15) is 17.2 Å². The Morgan fingerprint density at radius 1 is 1.16 bits per heavy atom. The largest absolute Gasteiger partial charge is 0.434 e. The summed E-state index contributed by atoms with van der Waals surface area (Å²) in [4.78, 5) is 15.9. The van der Waals surface area contributed by atoms with Crippen molar-refractivity contribution in [2.75, 3.05) is 5.32 Å². The number of alkyl halides is 5. The molecule has 3 N–H and O–H groups in total. The van der Waals surface area contributed by atoms with E-state index in [1.165, 1.54) is 10.5 Å². The number of amides is 1. The maximum Gasteiger partial charge on any atom is 0.434 e. The van der Waals surface area contributed by atoms with Crippen molar-refractivity contribution in [3.63, 3.8) is 0 Å². The number of H-pyrrole nitrogens is 1. The van der Waals surface area contributed by atoms with E-state index < -0.39 is 29.9 Å². The molecule has 3 aromatic rings. The summed E-state index contributed by atoms with van der Waals surface area (Å²) in [6, 6.07) is 4.60. The van der Waals surface area contributed by atoms with E-state index in [0.717, 1.165) is 12.4 Å². The number of hydrogen-bond acceptors (Lipinski definition) is 4. The first-order chi connectivity index (χ1) is 14.7. The van der Waals surface area contributed by atoms with Crippen LogP contribution in [0.3, 0.4) is 0 Å². The van der Waals surface area contributed by atoms with Crippen LogP contribution in [0.15, 0.2) is 30.6 Å². The Bertz CT molecular complexity index is 1070. The zero-order valence-corrected chi connectivity index (χ0v) is 16.1. The molecule has 0 bridgehead atoms. The minimum absolute atomic E-state index is 0.0129. The highest BCUT2D eigenvalue weighted by molar-refractivity contribution is 5.95. The Labute approximate surface area is 173 Å². The number of aromatic amines is 1. The number of pyridine rings is 1. The van der Waals surface area contributed by atoms with E-state index in [1.807, 2.05) is 0 Å². The summed E-state index contributed by atoms with van der Waals surface area (Å²) in [7, 11) is 0. The molecule has 1 saturated carbocycles. The van der Waals surface area contributed by atoms with E-state index in [-0.39, 0.29) is 23.3 Å². The van der Waals surface area contributed by atoms with Crippen LogP contribution in [0.4, 0.5) is 27.8 Å². The molecule has 4 rings (SSSR count). The van der Waals surface area contributed by atoms with E-state index in [1.54, 1.807) is 12.1 Å². The number of anilines is 1. The van der Waals surface area contributed by atoms with Gasteiger partial charge < -0.3 is 10.6 Å². The van der Waals surface area contributed by atoms with E-state index in [2.05, 4.69) is 25.8 Å². The fourth-order valence-electron chi connectivity index (χ4n) is 3.77. The molecule has 0 aliphatic heterocycles. The van der Waals surface area contributed by atoms with Crippen LogP contribution in [0.2, 0.25) is 0 Å². The molecule has 0 spiro atoms. The van der Waals surface area contributed by atoms with Crippen LogP contribution < -0.4 is 10.6 Å². The number of carbonyl (C=O) groups is 1. The van der Waals surface area contributed by atoms with Gasteiger partial charge in [0.2, 0.25) is 0 Å². The number of fused-ring (bicyclic) bond motifs is 1. The predicted octanol–water partition coefficient (Wildman–Crippen LogP) is 4.17. The topological polar surface area (TPSA) is 87.1 Å². The molecule has 1 fully saturated rings. The van der Waals surface area contributed by atoms with Gasteiger partial charge >= 0.3 is 6.18 Å². The smallest absolute Gasteiger partial charge is 0.368 e. The van der Waals surface area contributed by atoms with Crippen LogP contribution in [0.5, 0.6) is 0 Å². The molecule has 12 heteroatoms. The number of carbonyl (C=O) groups excluding carboxylic acids is 1.